The number of amides is 2. The Morgan fingerprint density at radius 2 is 1.77 bits per heavy atom. The Balaban J connectivity index is 2.15. The number of alkyl halides is 6. The molecule has 0 radical (unpaired) electrons. The van der Waals surface area contributed by atoms with Gasteiger partial charge in [-0.1, -0.05) is 35.9 Å². The molecule has 2 amide bonds. The second kappa shape index (κ2) is 11.3. The third-order valence-corrected chi connectivity index (χ3v) is 5.55. The first kappa shape index (κ1) is 28.5. The fourth-order valence-electron chi connectivity index (χ4n) is 2.90. The number of hydrogen-bond donors (Lipinski definition) is 3. The lowest BCUT2D eigenvalue weighted by Gasteiger charge is -2.19. The van der Waals surface area contributed by atoms with Gasteiger partial charge in [-0.15, -0.1) is 0 Å². The van der Waals surface area contributed by atoms with Gasteiger partial charge in [0.1, 0.15) is 12.3 Å². The lowest BCUT2D eigenvalue weighted by atomic mass is 9.95. The van der Waals surface area contributed by atoms with Gasteiger partial charge in [0.05, 0.1) is 23.0 Å². The van der Waals surface area contributed by atoms with Crippen molar-refractivity contribution < 1.29 is 41.0 Å². The largest absolute Gasteiger partial charge is 0.506 e. The summed E-state index contributed by atoms with van der Waals surface area (Å²) in [6, 6.07) is 6.19. The summed E-state index contributed by atoms with van der Waals surface area (Å²) < 4.78 is 77.5. The van der Waals surface area contributed by atoms with Crippen LogP contribution in [-0.4, -0.2) is 42.4 Å². The van der Waals surface area contributed by atoms with Crippen molar-refractivity contribution in [1.29, 1.82) is 0 Å². The summed E-state index contributed by atoms with van der Waals surface area (Å²) in [4.78, 5) is 23.6. The average molecular weight is 588 g/mol. The van der Waals surface area contributed by atoms with Crippen molar-refractivity contribution in [2.24, 2.45) is 0 Å². The average Bonchev–Trinajstić information content (AvgIpc) is 2.73. The van der Waals surface area contributed by atoms with Gasteiger partial charge < -0.3 is 15.7 Å². The monoisotopic (exact) mass is 586 g/mol. The number of phenolic OH excluding ortho intramolecular Hbond substituents is 1. The molecule has 0 heterocycles. The van der Waals surface area contributed by atoms with Crippen LogP contribution in [0.25, 0.3) is 6.08 Å². The summed E-state index contributed by atoms with van der Waals surface area (Å²) in [6.07, 6.45) is -7.17. The molecule has 0 aliphatic rings. The molecule has 0 saturated carbocycles. The van der Waals surface area contributed by atoms with Crippen LogP contribution < -0.4 is 10.6 Å². The van der Waals surface area contributed by atoms with Gasteiger partial charge >= 0.3 is 12.4 Å². The summed E-state index contributed by atoms with van der Waals surface area (Å²) in [6.45, 7) is -0.825. The Bertz CT molecular complexity index is 1110. The predicted octanol–water partition coefficient (Wildman–Crippen LogP) is 5.88. The van der Waals surface area contributed by atoms with Gasteiger partial charge in [-0.2, -0.15) is 26.3 Å². The summed E-state index contributed by atoms with van der Waals surface area (Å²) in [5.74, 6) is -4.17. The number of benzene rings is 2. The summed E-state index contributed by atoms with van der Waals surface area (Å²) in [7, 11) is 0. The van der Waals surface area contributed by atoms with E-state index in [1.54, 1.807) is 5.32 Å². The summed E-state index contributed by atoms with van der Waals surface area (Å²) >= 11 is 8.94. The van der Waals surface area contributed by atoms with Gasteiger partial charge in [0.2, 0.25) is 5.91 Å². The van der Waals surface area contributed by atoms with E-state index < -0.39 is 43.2 Å². The van der Waals surface area contributed by atoms with Gasteiger partial charge in [-0.05, 0) is 57.7 Å². The first-order valence-electron chi connectivity index (χ1n) is 9.73. The van der Waals surface area contributed by atoms with E-state index >= 15 is 0 Å². The molecule has 35 heavy (non-hydrogen) atoms. The number of phenols is 1. The number of carbonyl (C=O) groups is 2. The lowest BCUT2D eigenvalue weighted by molar-refractivity contribution is -0.139. The minimum atomic E-state index is -4.66. The number of aromatic hydroxyl groups is 1. The predicted molar refractivity (Wildman–Crippen MR) is 121 cm³/mol. The van der Waals surface area contributed by atoms with E-state index in [-0.39, 0.29) is 31.9 Å². The lowest BCUT2D eigenvalue weighted by Crippen LogP contribution is -2.40. The molecule has 0 fully saturated rings. The molecule has 190 valence electrons. The molecular formula is C22H18BrClF6N2O3. The standard InChI is InChI=1S/C22H18BrClF6N2O3/c1-11-6-13(8-17(24)19(11)34)15(22(28,29)30)5-3-12-2-4-14(16(23)7-12)20(35)31-9-18(33)32-10-21(25,26)27/h2-8,15,34H,9-10H2,1H3,(H,31,35)(H,32,33)/b5-3+. The fourth-order valence-corrected chi connectivity index (χ4v) is 3.75. The van der Waals surface area contributed by atoms with Crippen LogP contribution in [0.3, 0.4) is 0 Å². The van der Waals surface area contributed by atoms with E-state index in [0.29, 0.717) is 5.56 Å². The van der Waals surface area contributed by atoms with Crippen LogP contribution in [0.2, 0.25) is 5.02 Å². The molecule has 2 rings (SSSR count). The molecule has 2 aromatic carbocycles. The van der Waals surface area contributed by atoms with E-state index in [1.165, 1.54) is 37.3 Å². The molecule has 0 saturated heterocycles. The van der Waals surface area contributed by atoms with Crippen LogP contribution in [0.5, 0.6) is 5.75 Å². The SMILES string of the molecule is Cc1cc(C(/C=C/c2ccc(C(=O)NCC(=O)NCC(F)(F)F)c(Br)c2)C(F)(F)F)cc(Cl)c1O. The van der Waals surface area contributed by atoms with Gasteiger partial charge in [0.25, 0.3) is 5.91 Å². The van der Waals surface area contributed by atoms with Crippen molar-refractivity contribution in [2.45, 2.75) is 25.2 Å². The zero-order valence-electron chi connectivity index (χ0n) is 17.8. The molecule has 0 spiro atoms. The molecule has 3 N–H and O–H groups in total. The zero-order valence-corrected chi connectivity index (χ0v) is 20.2. The van der Waals surface area contributed by atoms with Crippen LogP contribution in [0.15, 0.2) is 40.9 Å². The molecular weight excluding hydrogens is 570 g/mol. The molecule has 1 atom stereocenters. The maximum absolute atomic E-state index is 13.7. The van der Waals surface area contributed by atoms with Gasteiger partial charge in [0.15, 0.2) is 0 Å². The van der Waals surface area contributed by atoms with E-state index in [9.17, 15) is 41.0 Å². The Kier molecular flexibility index (Phi) is 9.23. The molecule has 0 aliphatic heterocycles. The van der Waals surface area contributed by atoms with Crippen molar-refractivity contribution in [2.75, 3.05) is 13.1 Å². The highest BCUT2D eigenvalue weighted by atomic mass is 79.9. The highest BCUT2D eigenvalue weighted by Crippen LogP contribution is 2.40. The molecule has 0 bridgehead atoms. The van der Waals surface area contributed by atoms with Crippen LogP contribution in [-0.2, 0) is 4.79 Å². The van der Waals surface area contributed by atoms with E-state index in [0.717, 1.165) is 12.1 Å². The molecule has 1 unspecified atom stereocenters. The number of nitrogens with one attached hydrogen (secondary N) is 2. The zero-order chi connectivity index (χ0) is 26.6. The smallest absolute Gasteiger partial charge is 0.405 e. The third kappa shape index (κ3) is 8.46. The minimum absolute atomic E-state index is 0.0130. The Hall–Kier alpha value is -2.73. The van der Waals surface area contributed by atoms with Gasteiger partial charge in [-0.25, -0.2) is 0 Å². The first-order valence-corrected chi connectivity index (χ1v) is 10.9. The highest BCUT2D eigenvalue weighted by molar-refractivity contribution is 9.10. The highest BCUT2D eigenvalue weighted by Gasteiger charge is 2.39. The van der Waals surface area contributed by atoms with E-state index in [2.05, 4.69) is 21.2 Å². The van der Waals surface area contributed by atoms with Crippen LogP contribution in [0.4, 0.5) is 26.3 Å². The number of aryl methyl sites for hydroxylation is 1. The Morgan fingerprint density at radius 1 is 1.11 bits per heavy atom. The van der Waals surface area contributed by atoms with Crippen LogP contribution in [0, 0.1) is 6.92 Å². The second-order valence-electron chi connectivity index (χ2n) is 7.36. The van der Waals surface area contributed by atoms with E-state index in [4.69, 9.17) is 11.6 Å². The minimum Gasteiger partial charge on any atom is -0.506 e. The van der Waals surface area contributed by atoms with Crippen molar-refractivity contribution in [3.63, 3.8) is 0 Å². The molecule has 5 nitrogen and oxygen atoms in total. The number of rotatable bonds is 7. The quantitative estimate of drug-likeness (QED) is 0.354. The maximum Gasteiger partial charge on any atom is 0.405 e. The second-order valence-corrected chi connectivity index (χ2v) is 8.62. The molecule has 2 aromatic rings. The first-order chi connectivity index (χ1) is 16.1. The summed E-state index contributed by atoms with van der Waals surface area (Å²) in [5.41, 5.74) is 0.319. The van der Waals surface area contributed by atoms with E-state index in [1.807, 2.05) is 0 Å². The fraction of sp³-hybridized carbons (Fsp3) is 0.273. The van der Waals surface area contributed by atoms with Gasteiger partial charge in [0, 0.05) is 4.47 Å². The number of allylic oxidation sites excluding steroid dienone is 1. The number of hydrogen-bond acceptors (Lipinski definition) is 3. The van der Waals surface area contributed by atoms with Crippen molar-refractivity contribution in [3.05, 3.63) is 68.2 Å². The Labute approximate surface area is 209 Å². The number of carbonyl (C=O) groups excluding carboxylic acids is 2. The van der Waals surface area contributed by atoms with Crippen molar-refractivity contribution in [1.82, 2.24) is 10.6 Å². The molecule has 0 aliphatic carbocycles. The number of halogens is 8. The molecule has 0 aromatic heterocycles. The Morgan fingerprint density at radius 3 is 2.31 bits per heavy atom. The topological polar surface area (TPSA) is 78.4 Å². The molecule has 13 heteroatoms. The van der Waals surface area contributed by atoms with Crippen LogP contribution in [0.1, 0.15) is 33.0 Å². The van der Waals surface area contributed by atoms with Gasteiger partial charge in [-0.3, -0.25) is 9.59 Å². The van der Waals surface area contributed by atoms with Crippen molar-refractivity contribution >= 4 is 45.4 Å². The normalized spacial score (nSPS) is 13.1. The van der Waals surface area contributed by atoms with Crippen molar-refractivity contribution in [3.8, 4) is 5.75 Å². The van der Waals surface area contributed by atoms with Crippen LogP contribution >= 0.6 is 27.5 Å². The third-order valence-electron chi connectivity index (χ3n) is 4.60. The maximum atomic E-state index is 13.7. The summed E-state index contributed by atoms with van der Waals surface area (Å²) in [5, 5.41) is 13.3.